The fraction of sp³-hybridized carbons (Fsp3) is 0.612. The van der Waals surface area contributed by atoms with Crippen molar-refractivity contribution < 1.29 is 52.2 Å². The Morgan fingerprint density at radius 2 is 0.929 bits per heavy atom. The SMILES string of the molecule is C=CCCCCC(OCC)C12CCC(c3ccc(C(=O)Oc4ccc(OCCCCCCC)cc4)cc3)(CC1)CC2.C=CCCCCOCC1CC2C(C1)C2c1ccc(C)cc1.C=CCCOCCOCCCC1CC2C(CCCCc3ccc(OCCCCOC)cc3)C2C1.C=CCOCCOCCCC12CCC(c3ccc(-c4ccc(C)cc4)cc3)(CC1)CC2. The number of benzene rings is 6. The van der Waals surface area contributed by atoms with Crippen molar-refractivity contribution in [3.8, 4) is 28.4 Å². The molecule has 0 heterocycles. The summed E-state index contributed by atoms with van der Waals surface area (Å²) in [6.07, 6.45) is 57.0. The zero-order chi connectivity index (χ0) is 89.0. The summed E-state index contributed by atoms with van der Waals surface area (Å²) >= 11 is 0. The smallest absolute Gasteiger partial charge is 0.343 e. The molecular formula is C116H166O11. The lowest BCUT2D eigenvalue weighted by molar-refractivity contribution is -0.101. The van der Waals surface area contributed by atoms with Crippen LogP contribution < -0.4 is 14.2 Å². The van der Waals surface area contributed by atoms with Crippen LogP contribution >= 0.6 is 0 Å². The molecule has 6 aromatic carbocycles. The Kier molecular flexibility index (Phi) is 43.4. The van der Waals surface area contributed by atoms with Gasteiger partial charge in [-0.3, -0.25) is 0 Å². The lowest BCUT2D eigenvalue weighted by Crippen LogP contribution is -2.50. The Balaban J connectivity index is 0.000000168. The topological polar surface area (TPSA) is 109 Å². The number of fused-ring (bicyclic) bond motifs is 8. The van der Waals surface area contributed by atoms with E-state index in [0.717, 1.165) is 163 Å². The van der Waals surface area contributed by atoms with Gasteiger partial charge in [0, 0.05) is 46.8 Å². The molecular weight excluding hydrogens is 1570 g/mol. The number of hydrogen-bond donors (Lipinski definition) is 0. The number of carbonyl (C=O) groups is 1. The third-order valence-electron chi connectivity index (χ3n) is 30.6. The van der Waals surface area contributed by atoms with Gasteiger partial charge in [-0.2, -0.15) is 0 Å². The Morgan fingerprint density at radius 1 is 0.425 bits per heavy atom. The van der Waals surface area contributed by atoms with Gasteiger partial charge in [-0.15, -0.1) is 26.3 Å². The first-order valence-electron chi connectivity index (χ1n) is 50.7. The van der Waals surface area contributed by atoms with Crippen LogP contribution in [0.4, 0.5) is 0 Å². The van der Waals surface area contributed by atoms with Crippen molar-refractivity contribution in [1.82, 2.24) is 0 Å². The van der Waals surface area contributed by atoms with Crippen LogP contribution in [0.3, 0.4) is 0 Å². The van der Waals surface area contributed by atoms with E-state index in [0.29, 0.717) is 60.1 Å². The van der Waals surface area contributed by atoms with Gasteiger partial charge in [0.2, 0.25) is 0 Å². The van der Waals surface area contributed by atoms with Crippen molar-refractivity contribution in [3.63, 3.8) is 0 Å². The van der Waals surface area contributed by atoms with E-state index < -0.39 is 0 Å². The monoisotopic (exact) mass is 1740 g/mol. The molecule has 4 bridgehead atoms. The van der Waals surface area contributed by atoms with Crippen molar-refractivity contribution in [2.24, 2.45) is 52.3 Å². The molecule has 6 aromatic rings. The first-order chi connectivity index (χ1) is 62.3. The van der Waals surface area contributed by atoms with Gasteiger partial charge in [0.05, 0.1) is 64.5 Å². The van der Waals surface area contributed by atoms with Crippen LogP contribution in [0.1, 0.15) is 307 Å². The lowest BCUT2D eigenvalue weighted by Gasteiger charge is -2.56. The zero-order valence-electron chi connectivity index (χ0n) is 79.7. The van der Waals surface area contributed by atoms with Crippen molar-refractivity contribution in [1.29, 1.82) is 0 Å². The summed E-state index contributed by atoms with van der Waals surface area (Å²) in [5.74, 6) is 9.68. The first kappa shape index (κ1) is 101. The van der Waals surface area contributed by atoms with Gasteiger partial charge in [-0.25, -0.2) is 4.79 Å². The van der Waals surface area contributed by atoms with Gasteiger partial charge in [0.25, 0.3) is 0 Å². The number of rotatable bonds is 58. The molecule has 0 aromatic heterocycles. The molecule has 5 unspecified atom stereocenters. The lowest BCUT2D eigenvalue weighted by atomic mass is 9.50. The maximum atomic E-state index is 12.9. The molecule has 5 atom stereocenters. The van der Waals surface area contributed by atoms with E-state index in [-0.39, 0.29) is 11.4 Å². The molecule has 127 heavy (non-hydrogen) atoms. The largest absolute Gasteiger partial charge is 0.494 e. The highest BCUT2D eigenvalue weighted by Crippen LogP contribution is 2.66. The van der Waals surface area contributed by atoms with Crippen molar-refractivity contribution in [2.75, 3.05) is 99.6 Å². The molecule has 0 spiro atoms. The molecule has 0 aliphatic heterocycles. The van der Waals surface area contributed by atoms with Crippen LogP contribution in [0, 0.1) is 66.1 Å². The molecule has 696 valence electrons. The zero-order valence-corrected chi connectivity index (χ0v) is 79.7. The highest BCUT2D eigenvalue weighted by Gasteiger charge is 2.57. The fourth-order valence-corrected chi connectivity index (χ4v) is 22.7. The number of unbranched alkanes of at least 4 members (excludes halogenated alkanes) is 10. The minimum Gasteiger partial charge on any atom is -0.494 e. The van der Waals surface area contributed by atoms with E-state index in [1.54, 1.807) is 24.3 Å². The van der Waals surface area contributed by atoms with Crippen LogP contribution in [0.5, 0.6) is 17.2 Å². The van der Waals surface area contributed by atoms with E-state index >= 15 is 0 Å². The first-order valence-corrected chi connectivity index (χ1v) is 50.7. The van der Waals surface area contributed by atoms with E-state index in [4.69, 9.17) is 47.4 Å². The molecule has 10 aliphatic carbocycles. The van der Waals surface area contributed by atoms with E-state index in [1.165, 1.54) is 245 Å². The van der Waals surface area contributed by atoms with Crippen molar-refractivity contribution in [2.45, 2.75) is 301 Å². The number of ether oxygens (including phenoxy) is 10. The maximum Gasteiger partial charge on any atom is 0.343 e. The van der Waals surface area contributed by atoms with Crippen molar-refractivity contribution in [3.05, 3.63) is 235 Å². The third kappa shape index (κ3) is 31.9. The second-order valence-corrected chi connectivity index (χ2v) is 39.3. The van der Waals surface area contributed by atoms with Crippen LogP contribution in [0.2, 0.25) is 0 Å². The highest BCUT2D eigenvalue weighted by molar-refractivity contribution is 5.91. The number of methoxy groups -OCH3 is 1. The number of esters is 1. The standard InChI is InChI=1S/C37H52O4.C30H48O4.C29H38O2.C20H28O/c1-4-7-9-11-13-29-40-32-19-21-33(22-20-32)41-35(38)30-15-17-31(18-16-30)36-23-26-37(27-24-36,28-25-36)34(39-6-3)14-12-10-8-5-2;1-3-4-18-32-21-22-33-19-9-11-26-23-29-28(30(29)24-26)12-6-5-10-25-13-15-27(16-14-25)34-20-8-7-17-31-2;1-3-20-30-22-23-31-21-4-13-28-14-17-29(18-15-28,19-16-28)27-11-9-26(10-12-27)25-7-5-24(2)6-8-25;1-3-4-5-6-11-21-14-16-12-18-19(13-16)20(18)17-9-7-15(2)8-10-17/h5,15-22,34H,2,4,6-14,23-29H2,1,3H3;3,13-16,26,28-30H,1,4-12,17-24H2,2H3;3,5-12H,1,4,13-23H2,2H3;3,7-10,16,18-20H,1,4-6,11-14H2,2H3. The summed E-state index contributed by atoms with van der Waals surface area (Å²) in [6.45, 7) is 34.6. The summed E-state index contributed by atoms with van der Waals surface area (Å²) < 4.78 is 56.9. The normalized spacial score (nSPS) is 24.4. The van der Waals surface area contributed by atoms with Crippen molar-refractivity contribution >= 4 is 5.97 Å². The van der Waals surface area contributed by atoms with E-state index in [1.807, 2.05) is 54.6 Å². The predicted octanol–water partition coefficient (Wildman–Crippen LogP) is 29.2. The third-order valence-corrected chi connectivity index (χ3v) is 30.6. The molecule has 0 N–H and O–H groups in total. The summed E-state index contributed by atoms with van der Waals surface area (Å²) in [6, 6.07) is 51.9. The summed E-state index contributed by atoms with van der Waals surface area (Å²) in [4.78, 5) is 12.9. The summed E-state index contributed by atoms with van der Waals surface area (Å²) in [7, 11) is 1.75. The van der Waals surface area contributed by atoms with Gasteiger partial charge in [-0.05, 0) is 384 Å². The molecule has 10 fully saturated rings. The second-order valence-electron chi connectivity index (χ2n) is 39.3. The molecule has 10 aliphatic rings. The highest BCUT2D eigenvalue weighted by atomic mass is 16.5. The average Bonchev–Trinajstić information content (AvgIpc) is 1.70. The molecule has 0 amide bonds. The Hall–Kier alpha value is -6.93. The molecule has 11 nitrogen and oxygen atoms in total. The Bertz CT molecular complexity index is 3980. The predicted molar refractivity (Wildman–Crippen MR) is 525 cm³/mol. The molecule has 10 saturated carbocycles. The number of allylic oxidation sites excluding steroid dienone is 2. The molecule has 16 rings (SSSR count). The quantitative estimate of drug-likeness (QED) is 0.0158. The van der Waals surface area contributed by atoms with E-state index in [2.05, 4.69) is 163 Å². The number of hydrogen-bond acceptors (Lipinski definition) is 11. The fourth-order valence-electron chi connectivity index (χ4n) is 22.7. The van der Waals surface area contributed by atoms with Gasteiger partial charge >= 0.3 is 5.97 Å². The van der Waals surface area contributed by atoms with Gasteiger partial charge in [-0.1, -0.05) is 178 Å². The second kappa shape index (κ2) is 54.8. The summed E-state index contributed by atoms with van der Waals surface area (Å²) in [5, 5.41) is 0. The van der Waals surface area contributed by atoms with Gasteiger partial charge < -0.3 is 47.4 Å². The van der Waals surface area contributed by atoms with Gasteiger partial charge in [0.1, 0.15) is 17.2 Å². The maximum absolute atomic E-state index is 12.9. The number of aryl methyl sites for hydroxylation is 3. The van der Waals surface area contributed by atoms with Gasteiger partial charge in [0.15, 0.2) is 0 Å². The average molecular weight is 1740 g/mol. The van der Waals surface area contributed by atoms with E-state index in [9.17, 15) is 4.79 Å². The Morgan fingerprint density at radius 3 is 1.52 bits per heavy atom. The minimum absolute atomic E-state index is 0.232. The van der Waals surface area contributed by atoms with Crippen LogP contribution in [0.25, 0.3) is 11.1 Å². The van der Waals surface area contributed by atoms with Crippen LogP contribution in [0.15, 0.2) is 196 Å². The Labute approximate surface area is 769 Å². The molecule has 0 radical (unpaired) electrons. The van der Waals surface area contributed by atoms with Crippen LogP contribution in [-0.4, -0.2) is 112 Å². The molecule has 11 heteroatoms. The summed E-state index contributed by atoms with van der Waals surface area (Å²) in [5.41, 5.74) is 13.4. The molecule has 0 saturated heterocycles. The van der Waals surface area contributed by atoms with Crippen LogP contribution in [-0.2, 0) is 50.4 Å². The number of carbonyl (C=O) groups excluding carboxylic acids is 1. The minimum atomic E-state index is -0.319.